The summed E-state index contributed by atoms with van der Waals surface area (Å²) in [6.07, 6.45) is 1.28. The monoisotopic (exact) mass is 629 g/mol. The van der Waals surface area contributed by atoms with Gasteiger partial charge in [0.1, 0.15) is 17.7 Å². The quantitative estimate of drug-likeness (QED) is 0.278. The molecule has 1 fully saturated rings. The smallest absolute Gasteiger partial charge is 0.290 e. The minimum atomic E-state index is -3.86. The molecule has 0 aromatic heterocycles. The van der Waals surface area contributed by atoms with Crippen molar-refractivity contribution in [3.63, 3.8) is 0 Å². The predicted molar refractivity (Wildman–Crippen MR) is 155 cm³/mol. The highest BCUT2D eigenvalue weighted by molar-refractivity contribution is 7.92. The maximum atomic E-state index is 14.4. The Morgan fingerprint density at radius 3 is 2.40 bits per heavy atom. The molecule has 2 aromatic rings. The molecule has 1 saturated heterocycles. The lowest BCUT2D eigenvalue weighted by molar-refractivity contribution is -0.126. The van der Waals surface area contributed by atoms with E-state index in [4.69, 9.17) is 30.0 Å². The zero-order chi connectivity index (χ0) is 38.1. The molecule has 234 valence electrons. The molecule has 2 heterocycles. The van der Waals surface area contributed by atoms with E-state index >= 15 is 0 Å². The molecule has 0 bridgehead atoms. The summed E-state index contributed by atoms with van der Waals surface area (Å²) in [7, 11) is -3.86. The average molecular weight is 630 g/mol. The number of hydrogen-bond donors (Lipinski definition) is 3. The van der Waals surface area contributed by atoms with Crippen molar-refractivity contribution in [2.24, 2.45) is 5.73 Å². The van der Waals surface area contributed by atoms with Crippen LogP contribution in [0.4, 0.5) is 14.5 Å². The fraction of sp³-hybridized carbons (Fsp3) is 0.448. The van der Waals surface area contributed by atoms with Crippen LogP contribution in [0, 0.1) is 11.6 Å². The largest absolute Gasteiger partial charge is 0.483 e. The maximum Gasteiger partial charge on any atom is 0.290 e. The normalized spacial score (nSPS) is 19.1. The lowest BCUT2D eigenvalue weighted by atomic mass is 9.74. The molecule has 2 aliphatic heterocycles. The van der Waals surface area contributed by atoms with Crippen LogP contribution in [0.15, 0.2) is 48.0 Å². The number of hydrogen-bond acceptors (Lipinski definition) is 8. The van der Waals surface area contributed by atoms with Gasteiger partial charge in [-0.3, -0.25) is 13.9 Å². The summed E-state index contributed by atoms with van der Waals surface area (Å²) in [5, 5.41) is 9.42. The highest BCUT2D eigenvalue weighted by Gasteiger charge is 2.48. The van der Waals surface area contributed by atoms with E-state index in [2.05, 4.69) is 5.32 Å². The number of likely N-dealkylation sites (tertiary alicyclic amines) is 1. The first-order valence-electron chi connectivity index (χ1n) is 16.3. The van der Waals surface area contributed by atoms with Crippen LogP contribution in [-0.2, 0) is 41.1 Å². The summed E-state index contributed by atoms with van der Waals surface area (Å²) in [5.41, 5.74) is 2.86. The average Bonchev–Trinajstić information content (AvgIpc) is 3.31. The second kappa shape index (κ2) is 13.6. The Morgan fingerprint density at radius 1 is 1.28 bits per heavy atom. The van der Waals surface area contributed by atoms with Gasteiger partial charge in [-0.05, 0) is 43.9 Å². The highest BCUT2D eigenvalue weighted by Crippen LogP contribution is 2.49. The molecule has 14 heteroatoms. The molecular formula is C29H36F2N4O7S. The number of halogens is 2. The first kappa shape index (κ1) is 24.6. The highest BCUT2D eigenvalue weighted by atomic mass is 32.2. The Hall–Kier alpha value is -3.84. The lowest BCUT2D eigenvalue weighted by Crippen LogP contribution is -2.56. The fourth-order valence-electron chi connectivity index (χ4n) is 4.90. The number of benzene rings is 2. The summed E-state index contributed by atoms with van der Waals surface area (Å²) in [4.78, 5) is 35.2. The Morgan fingerprint density at radius 2 is 1.86 bits per heavy atom. The fourth-order valence-corrected chi connectivity index (χ4v) is 5.89. The summed E-state index contributed by atoms with van der Waals surface area (Å²) in [6, 6.07) is -3.57. The van der Waals surface area contributed by atoms with E-state index in [1.807, 2.05) is 0 Å². The number of nitrogens with zero attached hydrogens (tertiary/aromatic N) is 2. The van der Waals surface area contributed by atoms with Crippen LogP contribution < -0.4 is 15.4 Å². The van der Waals surface area contributed by atoms with Gasteiger partial charge in [-0.15, -0.1) is 0 Å². The van der Waals surface area contributed by atoms with Gasteiger partial charge in [0.15, 0.2) is 11.6 Å². The van der Waals surface area contributed by atoms with E-state index in [1.54, 1.807) is 5.94 Å². The molecule has 0 aliphatic carbocycles. The van der Waals surface area contributed by atoms with Crippen LogP contribution in [0.2, 0.25) is 0 Å². The molecule has 1 amide bonds. The molecule has 1 spiro atoms. The van der Waals surface area contributed by atoms with E-state index in [0.717, 1.165) is 22.7 Å². The maximum absolute atomic E-state index is 14.4. The Labute approximate surface area is 259 Å². The van der Waals surface area contributed by atoms with Crippen molar-refractivity contribution in [2.75, 3.05) is 36.8 Å². The molecule has 0 unspecified atom stereocenters. The van der Waals surface area contributed by atoms with Crippen LogP contribution in [0.3, 0.4) is 0 Å². The third-order valence-electron chi connectivity index (χ3n) is 7.04. The second-order valence-corrected chi connectivity index (χ2v) is 12.5. The van der Waals surface area contributed by atoms with Crippen LogP contribution in [-0.4, -0.2) is 80.8 Å². The van der Waals surface area contributed by atoms with E-state index < -0.39 is 93.5 Å². The number of carboxylic acid groups (broad SMARTS) is 1. The minimum Gasteiger partial charge on any atom is -0.483 e. The summed E-state index contributed by atoms with van der Waals surface area (Å²) in [6.45, 7) is -1.23. The van der Waals surface area contributed by atoms with Crippen molar-refractivity contribution in [1.82, 2.24) is 10.2 Å². The number of anilines is 1. The van der Waals surface area contributed by atoms with Gasteiger partial charge in [-0.1, -0.05) is 30.2 Å². The van der Waals surface area contributed by atoms with Crippen molar-refractivity contribution in [3.05, 3.63) is 70.8 Å². The lowest BCUT2D eigenvalue weighted by Gasteiger charge is -2.42. The molecule has 1 atom stereocenters. The molecule has 4 N–H and O–H groups in total. The van der Waals surface area contributed by atoms with Gasteiger partial charge in [0.2, 0.25) is 15.9 Å². The topological polar surface area (TPSA) is 159 Å². The number of ether oxygens (including phenoxy) is 1. The molecule has 2 aromatic carbocycles. The third kappa shape index (κ3) is 7.96. The number of rotatable bonds is 9. The van der Waals surface area contributed by atoms with Crippen molar-refractivity contribution in [1.29, 1.82) is 0 Å². The van der Waals surface area contributed by atoms with Gasteiger partial charge in [0.25, 0.3) is 6.47 Å². The third-order valence-corrected chi connectivity index (χ3v) is 8.16. The SMILES string of the molecule is O=CO.[2H]c1c([2H])c([2H])c(C([2H])([2H])OC[C@H](NC(=O)C(C)(C)N)C(=C=O)N2CCC3(CC2)CN(S(C)(=O)=O)c2cc(F)c(F)cc23)c([2H])c1[2H]. The van der Waals surface area contributed by atoms with Gasteiger partial charge in [-0.2, -0.15) is 0 Å². The molecule has 0 saturated carbocycles. The number of amides is 1. The van der Waals surface area contributed by atoms with Crippen LogP contribution in [0.25, 0.3) is 0 Å². The number of carbonyl (C=O) groups excluding carboxylic acids is 2. The van der Waals surface area contributed by atoms with E-state index in [1.165, 1.54) is 18.7 Å². The summed E-state index contributed by atoms with van der Waals surface area (Å²) in [5.74, 6) is -1.35. The summed E-state index contributed by atoms with van der Waals surface area (Å²) >= 11 is 0. The number of nitrogens with two attached hydrogens (primary N) is 1. The van der Waals surface area contributed by atoms with E-state index in [0.29, 0.717) is 5.56 Å². The van der Waals surface area contributed by atoms with Gasteiger partial charge >= 0.3 is 0 Å². The first-order chi connectivity index (χ1) is 23.0. The number of nitrogens with one attached hydrogen (secondary N) is 1. The van der Waals surface area contributed by atoms with Crippen molar-refractivity contribution < 1.29 is 51.0 Å². The van der Waals surface area contributed by atoms with Gasteiger partial charge in [0.05, 0.1) is 40.2 Å². The number of sulfonamides is 1. The Kier molecular flexibility index (Phi) is 7.80. The van der Waals surface area contributed by atoms with Crippen molar-refractivity contribution in [2.45, 2.75) is 50.2 Å². The van der Waals surface area contributed by atoms with Gasteiger partial charge in [-0.25, -0.2) is 22.0 Å². The van der Waals surface area contributed by atoms with Crippen molar-refractivity contribution >= 4 is 34.0 Å². The van der Waals surface area contributed by atoms with Gasteiger partial charge in [0, 0.05) is 31.1 Å². The first-order valence-corrected chi connectivity index (χ1v) is 14.7. The zero-order valence-corrected chi connectivity index (χ0v) is 24.4. The number of carbonyl (C=O) groups is 2. The van der Waals surface area contributed by atoms with Crippen LogP contribution in [0.1, 0.15) is 47.4 Å². The zero-order valence-electron chi connectivity index (χ0n) is 30.6. The molecule has 4 rings (SSSR count). The molecular weight excluding hydrogens is 586 g/mol. The number of piperidine rings is 1. The Balaban J connectivity index is 0.00000217. The van der Waals surface area contributed by atoms with Gasteiger partial charge < -0.3 is 25.8 Å². The van der Waals surface area contributed by atoms with Crippen molar-refractivity contribution in [3.8, 4) is 0 Å². The molecule has 11 nitrogen and oxygen atoms in total. The minimum absolute atomic E-state index is 0.0181. The molecule has 43 heavy (non-hydrogen) atoms. The molecule has 0 radical (unpaired) electrons. The van der Waals surface area contributed by atoms with Crippen LogP contribution >= 0.6 is 0 Å². The standard InChI is InChI=1S/C28H34F2N4O5S.CH2O2/c1-27(2,31)26(36)32-23(17-39-16-19-7-5-4-6-8-19)25(15-35)33-11-9-28(10-12-33)18-34(40(3,37)38)24-14-22(30)21(29)13-20(24)28;2-1-3/h4-8,13-14,23H,9-12,16-18,31H2,1-3H3,(H,32,36);1H,(H,2,3)/t23-;/m0./s1/i4D,5D,6D,7D,8D,16D2;. The summed E-state index contributed by atoms with van der Waals surface area (Å²) < 4.78 is 117. The molecule has 2 aliphatic rings. The van der Waals surface area contributed by atoms with E-state index in [-0.39, 0.29) is 50.3 Å². The van der Waals surface area contributed by atoms with Crippen LogP contribution in [0.5, 0.6) is 0 Å². The van der Waals surface area contributed by atoms with E-state index in [9.17, 15) is 26.8 Å². The predicted octanol–water partition coefficient (Wildman–Crippen LogP) is 1.93. The number of fused-ring (bicyclic) bond motifs is 2. The Bertz CT molecular complexity index is 1800. The second-order valence-electron chi connectivity index (χ2n) is 10.6.